The van der Waals surface area contributed by atoms with Crippen LogP contribution in [0.15, 0.2) is 11.4 Å². The van der Waals surface area contributed by atoms with Crippen LogP contribution in [0.25, 0.3) is 0 Å². The van der Waals surface area contributed by atoms with E-state index in [1.54, 1.807) is 11.4 Å². The van der Waals surface area contributed by atoms with Gasteiger partial charge in [-0.1, -0.05) is 0 Å². The maximum atomic E-state index is 11.2. The van der Waals surface area contributed by atoms with Gasteiger partial charge in [-0.15, -0.1) is 11.3 Å². The third-order valence-corrected chi connectivity index (χ3v) is 2.58. The number of carboxylic acids is 1. The highest BCUT2D eigenvalue weighted by atomic mass is 32.1. The maximum Gasteiger partial charge on any atom is 0.350 e. The monoisotopic (exact) mass is 229 g/mol. The number of rotatable bonds is 5. The molecule has 0 bridgehead atoms. The molecule has 0 aliphatic carbocycles. The summed E-state index contributed by atoms with van der Waals surface area (Å²) in [6.07, 6.45) is 0.0104. The van der Waals surface area contributed by atoms with Crippen LogP contribution in [-0.2, 0) is 9.53 Å². The molecule has 0 aliphatic heterocycles. The van der Waals surface area contributed by atoms with E-state index in [1.165, 1.54) is 18.4 Å². The van der Waals surface area contributed by atoms with Gasteiger partial charge >= 0.3 is 11.9 Å². The molecule has 1 aromatic rings. The van der Waals surface area contributed by atoms with Gasteiger partial charge in [0.2, 0.25) is 0 Å². The topological polar surface area (TPSA) is 75.6 Å². The SMILES string of the molecule is COC(=O)c1sccc1NCCC(=O)O. The lowest BCUT2D eigenvalue weighted by Crippen LogP contribution is -2.09. The lowest BCUT2D eigenvalue weighted by atomic mass is 10.3. The predicted octanol–water partition coefficient (Wildman–Crippen LogP) is 1.42. The molecule has 0 aromatic carbocycles. The van der Waals surface area contributed by atoms with Crippen LogP contribution in [0.2, 0.25) is 0 Å². The third kappa shape index (κ3) is 3.25. The lowest BCUT2D eigenvalue weighted by molar-refractivity contribution is -0.136. The Morgan fingerprint density at radius 1 is 1.60 bits per heavy atom. The Morgan fingerprint density at radius 3 is 2.93 bits per heavy atom. The Hall–Kier alpha value is -1.56. The highest BCUT2D eigenvalue weighted by Crippen LogP contribution is 2.22. The first-order chi connectivity index (χ1) is 7.15. The molecule has 0 saturated heterocycles. The first-order valence-corrected chi connectivity index (χ1v) is 5.14. The second-order valence-electron chi connectivity index (χ2n) is 2.73. The molecule has 1 rings (SSSR count). The third-order valence-electron chi connectivity index (χ3n) is 1.69. The summed E-state index contributed by atoms with van der Waals surface area (Å²) in [7, 11) is 1.31. The molecule has 0 atom stereocenters. The standard InChI is InChI=1S/C9H11NO4S/c1-14-9(13)8-6(3-5-15-8)10-4-2-7(11)12/h3,5,10H,2,4H2,1H3,(H,11,12). The molecule has 1 aromatic heterocycles. The van der Waals surface area contributed by atoms with Gasteiger partial charge in [-0.05, 0) is 11.4 Å². The highest BCUT2D eigenvalue weighted by molar-refractivity contribution is 7.12. The first-order valence-electron chi connectivity index (χ1n) is 4.26. The number of carboxylic acid groups (broad SMARTS) is 1. The van der Waals surface area contributed by atoms with E-state index < -0.39 is 11.9 Å². The van der Waals surface area contributed by atoms with Crippen LogP contribution in [0, 0.1) is 0 Å². The van der Waals surface area contributed by atoms with E-state index >= 15 is 0 Å². The molecular weight excluding hydrogens is 218 g/mol. The molecule has 0 aliphatic rings. The quantitative estimate of drug-likeness (QED) is 0.747. The van der Waals surface area contributed by atoms with Crippen molar-refractivity contribution in [2.45, 2.75) is 6.42 Å². The molecular formula is C9H11NO4S. The molecule has 15 heavy (non-hydrogen) atoms. The second-order valence-corrected chi connectivity index (χ2v) is 3.64. The number of nitrogens with one attached hydrogen (secondary N) is 1. The fourth-order valence-electron chi connectivity index (χ4n) is 1.00. The van der Waals surface area contributed by atoms with Gasteiger partial charge in [0, 0.05) is 6.54 Å². The number of aliphatic carboxylic acids is 1. The highest BCUT2D eigenvalue weighted by Gasteiger charge is 2.12. The van der Waals surface area contributed by atoms with Crippen LogP contribution in [0.1, 0.15) is 16.1 Å². The van der Waals surface area contributed by atoms with E-state index in [1.807, 2.05) is 0 Å². The van der Waals surface area contributed by atoms with Crippen LogP contribution in [0.4, 0.5) is 5.69 Å². The van der Waals surface area contributed by atoms with E-state index in [9.17, 15) is 9.59 Å². The number of ether oxygens (including phenoxy) is 1. The summed E-state index contributed by atoms with van der Waals surface area (Å²) < 4.78 is 4.58. The number of hydrogen-bond donors (Lipinski definition) is 2. The van der Waals surface area contributed by atoms with Crippen LogP contribution < -0.4 is 5.32 Å². The minimum absolute atomic E-state index is 0.0104. The predicted molar refractivity (Wildman–Crippen MR) is 56.4 cm³/mol. The van der Waals surface area contributed by atoms with Crippen molar-refractivity contribution in [2.75, 3.05) is 19.0 Å². The van der Waals surface area contributed by atoms with Crippen molar-refractivity contribution < 1.29 is 19.4 Å². The van der Waals surface area contributed by atoms with Gasteiger partial charge in [0.05, 0.1) is 19.2 Å². The van der Waals surface area contributed by atoms with Crippen molar-refractivity contribution in [1.82, 2.24) is 0 Å². The van der Waals surface area contributed by atoms with Gasteiger partial charge in [0.15, 0.2) is 0 Å². The van der Waals surface area contributed by atoms with Gasteiger partial charge in [-0.2, -0.15) is 0 Å². The Balaban J connectivity index is 2.57. The summed E-state index contributed by atoms with van der Waals surface area (Å²) in [5, 5.41) is 13.1. The summed E-state index contributed by atoms with van der Waals surface area (Å²) in [5.41, 5.74) is 0.619. The Labute approximate surface area is 90.7 Å². The van der Waals surface area contributed by atoms with E-state index in [4.69, 9.17) is 5.11 Å². The van der Waals surface area contributed by atoms with Crippen molar-refractivity contribution in [2.24, 2.45) is 0 Å². The van der Waals surface area contributed by atoms with E-state index in [-0.39, 0.29) is 13.0 Å². The van der Waals surface area contributed by atoms with Gasteiger partial charge in [0.25, 0.3) is 0 Å². The summed E-state index contributed by atoms with van der Waals surface area (Å²) >= 11 is 1.26. The Kier molecular flexibility index (Phi) is 4.11. The molecule has 0 spiro atoms. The average molecular weight is 229 g/mol. The molecule has 5 nitrogen and oxygen atoms in total. The zero-order valence-corrected chi connectivity index (χ0v) is 8.97. The van der Waals surface area contributed by atoms with Crippen molar-refractivity contribution in [3.05, 3.63) is 16.3 Å². The first kappa shape index (κ1) is 11.5. The van der Waals surface area contributed by atoms with Crippen LogP contribution in [-0.4, -0.2) is 30.7 Å². The normalized spacial score (nSPS) is 9.67. The summed E-state index contributed by atoms with van der Waals surface area (Å²) in [5.74, 6) is -1.29. The largest absolute Gasteiger partial charge is 0.481 e. The number of esters is 1. The number of anilines is 1. The smallest absolute Gasteiger partial charge is 0.350 e. The maximum absolute atomic E-state index is 11.2. The van der Waals surface area contributed by atoms with E-state index in [2.05, 4.69) is 10.1 Å². The molecule has 0 amide bonds. The van der Waals surface area contributed by atoms with Crippen LogP contribution in [0.5, 0.6) is 0 Å². The summed E-state index contributed by atoms with van der Waals surface area (Å²) in [6.45, 7) is 0.288. The number of carbonyl (C=O) groups excluding carboxylic acids is 1. The molecule has 2 N–H and O–H groups in total. The zero-order valence-electron chi connectivity index (χ0n) is 8.15. The molecule has 0 saturated carbocycles. The second kappa shape index (κ2) is 5.35. The number of thiophene rings is 1. The minimum Gasteiger partial charge on any atom is -0.481 e. The molecule has 82 valence electrons. The fraction of sp³-hybridized carbons (Fsp3) is 0.333. The number of carbonyl (C=O) groups is 2. The fourth-order valence-corrected chi connectivity index (χ4v) is 1.79. The molecule has 0 radical (unpaired) electrons. The average Bonchev–Trinajstić information content (AvgIpc) is 2.64. The van der Waals surface area contributed by atoms with Gasteiger partial charge < -0.3 is 15.2 Å². The van der Waals surface area contributed by atoms with Crippen LogP contribution >= 0.6 is 11.3 Å². The number of methoxy groups -OCH3 is 1. The Bertz CT molecular complexity index is 361. The van der Waals surface area contributed by atoms with Crippen molar-refractivity contribution in [3.63, 3.8) is 0 Å². The van der Waals surface area contributed by atoms with E-state index in [0.717, 1.165) is 0 Å². The lowest BCUT2D eigenvalue weighted by Gasteiger charge is -2.04. The Morgan fingerprint density at radius 2 is 2.33 bits per heavy atom. The number of hydrogen-bond acceptors (Lipinski definition) is 5. The summed E-state index contributed by atoms with van der Waals surface area (Å²) in [4.78, 5) is 22.0. The molecule has 6 heteroatoms. The van der Waals surface area contributed by atoms with Crippen LogP contribution in [0.3, 0.4) is 0 Å². The zero-order chi connectivity index (χ0) is 11.3. The minimum atomic E-state index is -0.877. The van der Waals surface area contributed by atoms with Gasteiger partial charge in [-0.3, -0.25) is 4.79 Å². The molecule has 0 fully saturated rings. The van der Waals surface area contributed by atoms with Crippen molar-refractivity contribution in [1.29, 1.82) is 0 Å². The van der Waals surface area contributed by atoms with Crippen molar-refractivity contribution >= 4 is 29.0 Å². The summed E-state index contributed by atoms with van der Waals surface area (Å²) in [6, 6.07) is 1.72. The van der Waals surface area contributed by atoms with E-state index in [0.29, 0.717) is 10.6 Å². The molecule has 0 unspecified atom stereocenters. The van der Waals surface area contributed by atoms with Crippen molar-refractivity contribution in [3.8, 4) is 0 Å². The molecule has 1 heterocycles. The van der Waals surface area contributed by atoms with Gasteiger partial charge in [0.1, 0.15) is 4.88 Å². The van der Waals surface area contributed by atoms with Gasteiger partial charge in [-0.25, -0.2) is 4.79 Å².